The van der Waals surface area contributed by atoms with Crippen LogP contribution in [0.4, 0.5) is 0 Å². The van der Waals surface area contributed by atoms with Crippen molar-refractivity contribution in [2.45, 2.75) is 32.2 Å². The molecule has 3 heteroatoms. The molecule has 1 unspecified atom stereocenters. The Bertz CT molecular complexity index is 399. The number of nitrogens with one attached hydrogen (secondary N) is 1. The third kappa shape index (κ3) is 3.48. The van der Waals surface area contributed by atoms with Crippen LogP contribution in [0.15, 0.2) is 24.3 Å². The van der Waals surface area contributed by atoms with Gasteiger partial charge in [0.15, 0.2) is 0 Å². The zero-order valence-corrected chi connectivity index (χ0v) is 10.4. The van der Waals surface area contributed by atoms with E-state index in [1.807, 2.05) is 25.1 Å². The molecule has 1 atom stereocenters. The van der Waals surface area contributed by atoms with Gasteiger partial charge in [-0.3, -0.25) is 4.79 Å². The molecule has 92 valence electrons. The van der Waals surface area contributed by atoms with Crippen LogP contribution in [0.5, 0.6) is 5.75 Å². The first kappa shape index (κ1) is 12.0. The van der Waals surface area contributed by atoms with Gasteiger partial charge in [0, 0.05) is 12.0 Å². The van der Waals surface area contributed by atoms with Crippen LogP contribution < -0.4 is 10.1 Å². The Kier molecular flexibility index (Phi) is 3.67. The van der Waals surface area contributed by atoms with E-state index in [1.54, 1.807) is 7.11 Å². The van der Waals surface area contributed by atoms with E-state index >= 15 is 0 Å². The molecule has 1 fully saturated rings. The van der Waals surface area contributed by atoms with Gasteiger partial charge in [0.25, 0.3) is 0 Å². The van der Waals surface area contributed by atoms with Crippen LogP contribution >= 0.6 is 0 Å². The fourth-order valence-corrected chi connectivity index (χ4v) is 1.91. The lowest BCUT2D eigenvalue weighted by atomic mass is 10.1. The van der Waals surface area contributed by atoms with Crippen LogP contribution in [0.1, 0.15) is 25.3 Å². The molecular weight excluding hydrogens is 214 g/mol. The first-order valence-corrected chi connectivity index (χ1v) is 6.12. The van der Waals surface area contributed by atoms with Crippen LogP contribution in [0.2, 0.25) is 0 Å². The molecule has 1 amide bonds. The Balaban J connectivity index is 1.87. The minimum absolute atomic E-state index is 0.176. The summed E-state index contributed by atoms with van der Waals surface area (Å²) in [6, 6.07) is 8.15. The average molecular weight is 233 g/mol. The molecule has 1 saturated carbocycles. The molecule has 17 heavy (non-hydrogen) atoms. The van der Waals surface area contributed by atoms with Crippen LogP contribution in [-0.2, 0) is 11.2 Å². The highest BCUT2D eigenvalue weighted by Crippen LogP contribution is 2.29. The lowest BCUT2D eigenvalue weighted by Crippen LogP contribution is -2.35. The third-order valence-corrected chi connectivity index (χ3v) is 3.01. The fourth-order valence-electron chi connectivity index (χ4n) is 1.91. The molecule has 1 aliphatic rings. The average Bonchev–Trinajstić information content (AvgIpc) is 3.12. The number of carbonyl (C=O) groups excluding carboxylic acids is 1. The zero-order chi connectivity index (χ0) is 12.3. The topological polar surface area (TPSA) is 38.3 Å². The number of amides is 1. The van der Waals surface area contributed by atoms with Crippen molar-refractivity contribution in [3.63, 3.8) is 0 Å². The van der Waals surface area contributed by atoms with Crippen molar-refractivity contribution in [3.05, 3.63) is 29.8 Å². The van der Waals surface area contributed by atoms with Gasteiger partial charge in [-0.05, 0) is 43.9 Å². The zero-order valence-electron chi connectivity index (χ0n) is 10.4. The predicted octanol–water partition coefficient (Wildman–Crippen LogP) is 2.15. The Morgan fingerprint density at radius 2 is 2.29 bits per heavy atom. The summed E-state index contributed by atoms with van der Waals surface area (Å²) in [6.07, 6.45) is 2.95. The highest BCUT2D eigenvalue weighted by molar-refractivity contribution is 5.81. The van der Waals surface area contributed by atoms with Crippen molar-refractivity contribution in [1.82, 2.24) is 5.32 Å². The van der Waals surface area contributed by atoms with Gasteiger partial charge in [-0.25, -0.2) is 0 Å². The Hall–Kier alpha value is -1.51. The van der Waals surface area contributed by atoms with Crippen molar-refractivity contribution in [2.24, 2.45) is 5.92 Å². The molecule has 0 bridgehead atoms. The molecule has 0 saturated heterocycles. The summed E-state index contributed by atoms with van der Waals surface area (Å²) in [4.78, 5) is 11.6. The SMILES string of the molecule is COc1cccc(CC(C)NC(=O)C2CC2)c1. The maximum atomic E-state index is 11.6. The number of rotatable bonds is 5. The van der Waals surface area contributed by atoms with Crippen molar-refractivity contribution < 1.29 is 9.53 Å². The van der Waals surface area contributed by atoms with Crippen molar-refractivity contribution in [3.8, 4) is 5.75 Å². The van der Waals surface area contributed by atoms with E-state index in [2.05, 4.69) is 11.4 Å². The second-order valence-electron chi connectivity index (χ2n) is 4.74. The molecule has 2 rings (SSSR count). The molecule has 0 heterocycles. The van der Waals surface area contributed by atoms with E-state index in [0.29, 0.717) is 0 Å². The third-order valence-electron chi connectivity index (χ3n) is 3.01. The van der Waals surface area contributed by atoms with Gasteiger partial charge in [0.05, 0.1) is 7.11 Å². The molecule has 0 aromatic heterocycles. The molecule has 1 aliphatic carbocycles. The van der Waals surface area contributed by atoms with Gasteiger partial charge in [0.2, 0.25) is 5.91 Å². The van der Waals surface area contributed by atoms with E-state index in [-0.39, 0.29) is 17.9 Å². The number of ether oxygens (including phenoxy) is 1. The van der Waals surface area contributed by atoms with Gasteiger partial charge in [0.1, 0.15) is 5.75 Å². The molecular formula is C14H19NO2. The summed E-state index contributed by atoms with van der Waals surface area (Å²) in [5.74, 6) is 1.35. The molecule has 1 aromatic rings. The van der Waals surface area contributed by atoms with Gasteiger partial charge in [-0.1, -0.05) is 12.1 Å². The van der Waals surface area contributed by atoms with E-state index < -0.39 is 0 Å². The Morgan fingerprint density at radius 3 is 2.94 bits per heavy atom. The number of hydrogen-bond donors (Lipinski definition) is 1. The maximum absolute atomic E-state index is 11.6. The minimum Gasteiger partial charge on any atom is -0.497 e. The van der Waals surface area contributed by atoms with Gasteiger partial charge in [-0.15, -0.1) is 0 Å². The minimum atomic E-state index is 0.176. The summed E-state index contributed by atoms with van der Waals surface area (Å²) in [5.41, 5.74) is 1.19. The van der Waals surface area contributed by atoms with Crippen LogP contribution in [-0.4, -0.2) is 19.1 Å². The number of methoxy groups -OCH3 is 1. The van der Waals surface area contributed by atoms with Crippen molar-refractivity contribution >= 4 is 5.91 Å². The van der Waals surface area contributed by atoms with E-state index in [1.165, 1.54) is 5.56 Å². The van der Waals surface area contributed by atoms with E-state index in [4.69, 9.17) is 4.74 Å². The summed E-state index contributed by atoms with van der Waals surface area (Å²) < 4.78 is 5.18. The summed E-state index contributed by atoms with van der Waals surface area (Å²) in [7, 11) is 1.66. The lowest BCUT2D eigenvalue weighted by molar-refractivity contribution is -0.122. The van der Waals surface area contributed by atoms with Gasteiger partial charge < -0.3 is 10.1 Å². The summed E-state index contributed by atoms with van der Waals surface area (Å²) >= 11 is 0. The number of benzene rings is 1. The quantitative estimate of drug-likeness (QED) is 0.846. The normalized spacial score (nSPS) is 16.4. The molecule has 3 nitrogen and oxygen atoms in total. The second kappa shape index (κ2) is 5.21. The standard InChI is InChI=1S/C14H19NO2/c1-10(15-14(16)12-6-7-12)8-11-4-3-5-13(9-11)17-2/h3-5,9-10,12H,6-8H2,1-2H3,(H,15,16). The largest absolute Gasteiger partial charge is 0.497 e. The van der Waals surface area contributed by atoms with Gasteiger partial charge >= 0.3 is 0 Å². The smallest absolute Gasteiger partial charge is 0.223 e. The fraction of sp³-hybridized carbons (Fsp3) is 0.500. The Morgan fingerprint density at radius 1 is 1.53 bits per heavy atom. The highest BCUT2D eigenvalue weighted by Gasteiger charge is 2.30. The molecule has 1 aromatic carbocycles. The maximum Gasteiger partial charge on any atom is 0.223 e. The van der Waals surface area contributed by atoms with E-state index in [0.717, 1.165) is 25.0 Å². The molecule has 0 radical (unpaired) electrons. The highest BCUT2D eigenvalue weighted by atomic mass is 16.5. The van der Waals surface area contributed by atoms with Crippen LogP contribution in [0.25, 0.3) is 0 Å². The monoisotopic (exact) mass is 233 g/mol. The summed E-state index contributed by atoms with van der Waals surface area (Å²) in [6.45, 7) is 2.04. The van der Waals surface area contributed by atoms with E-state index in [9.17, 15) is 4.79 Å². The van der Waals surface area contributed by atoms with Crippen LogP contribution in [0.3, 0.4) is 0 Å². The number of hydrogen-bond acceptors (Lipinski definition) is 2. The molecule has 1 N–H and O–H groups in total. The predicted molar refractivity (Wildman–Crippen MR) is 67.0 cm³/mol. The Labute approximate surface area is 102 Å². The first-order chi connectivity index (χ1) is 8.19. The summed E-state index contributed by atoms with van der Waals surface area (Å²) in [5, 5.41) is 3.05. The van der Waals surface area contributed by atoms with Crippen LogP contribution in [0, 0.1) is 5.92 Å². The molecule has 0 aliphatic heterocycles. The van der Waals surface area contributed by atoms with Gasteiger partial charge in [-0.2, -0.15) is 0 Å². The lowest BCUT2D eigenvalue weighted by Gasteiger charge is -2.14. The first-order valence-electron chi connectivity index (χ1n) is 6.12. The number of carbonyl (C=O) groups is 1. The van der Waals surface area contributed by atoms with Crippen molar-refractivity contribution in [2.75, 3.05) is 7.11 Å². The van der Waals surface area contributed by atoms with Crippen molar-refractivity contribution in [1.29, 1.82) is 0 Å². The molecule has 0 spiro atoms. The second-order valence-corrected chi connectivity index (χ2v) is 4.74.